The third kappa shape index (κ3) is 3.35. The first-order chi connectivity index (χ1) is 18.3. The third-order valence-electron chi connectivity index (χ3n) is 6.72. The van der Waals surface area contributed by atoms with Crippen molar-refractivity contribution in [1.82, 2.24) is 4.57 Å². The fourth-order valence-electron chi connectivity index (χ4n) is 5.21. The molecule has 0 aliphatic rings. The summed E-state index contributed by atoms with van der Waals surface area (Å²) in [5.74, 6) is 0. The minimum absolute atomic E-state index is 0.443. The minimum atomic E-state index is 0.443. The normalized spacial score (nSPS) is 10.6. The molecule has 0 aliphatic heterocycles. The van der Waals surface area contributed by atoms with Gasteiger partial charge in [0.15, 0.2) is 5.69 Å². The number of hydrogen-bond acceptors (Lipinski definition) is 2. The monoisotopic (exact) mass is 470 g/mol. The molecule has 170 valence electrons. The maximum Gasteiger partial charge on any atom is 0.196 e. The van der Waals surface area contributed by atoms with E-state index in [2.05, 4.69) is 45.8 Å². The van der Waals surface area contributed by atoms with Gasteiger partial charge in [0.25, 0.3) is 0 Å². The van der Waals surface area contributed by atoms with Crippen LogP contribution in [0.3, 0.4) is 0 Å². The lowest BCUT2D eigenvalue weighted by molar-refractivity contribution is 1.18. The van der Waals surface area contributed by atoms with Crippen LogP contribution in [0.4, 0.5) is 5.69 Å². The second-order valence-electron chi connectivity index (χ2n) is 8.65. The fraction of sp³-hybridized carbons (Fsp3) is 0. The number of benzene rings is 5. The highest BCUT2D eigenvalue weighted by Crippen LogP contribution is 2.45. The van der Waals surface area contributed by atoms with Gasteiger partial charge in [-0.25, -0.2) is 4.85 Å². The van der Waals surface area contributed by atoms with Crippen LogP contribution in [0.25, 0.3) is 54.6 Å². The van der Waals surface area contributed by atoms with E-state index in [0.717, 1.165) is 44.2 Å². The lowest BCUT2D eigenvalue weighted by Gasteiger charge is -2.12. The van der Waals surface area contributed by atoms with Gasteiger partial charge in [-0.05, 0) is 35.9 Å². The lowest BCUT2D eigenvalue weighted by atomic mass is 9.93. The minimum Gasteiger partial charge on any atom is -0.309 e. The smallest absolute Gasteiger partial charge is 0.196 e. The highest BCUT2D eigenvalue weighted by molar-refractivity contribution is 6.20. The Kier molecular flexibility index (Phi) is 5.24. The van der Waals surface area contributed by atoms with E-state index in [0.29, 0.717) is 22.4 Å². The summed E-state index contributed by atoms with van der Waals surface area (Å²) in [4.78, 5) is 3.75. The summed E-state index contributed by atoms with van der Waals surface area (Å²) in [5.41, 5.74) is 7.71. The molecule has 1 heterocycles. The Morgan fingerprint density at radius 3 is 2.05 bits per heavy atom. The van der Waals surface area contributed by atoms with Gasteiger partial charge in [-0.3, -0.25) is 0 Å². The van der Waals surface area contributed by atoms with Crippen LogP contribution in [-0.4, -0.2) is 4.57 Å². The summed E-state index contributed by atoms with van der Waals surface area (Å²) >= 11 is 0. The predicted molar refractivity (Wildman–Crippen MR) is 147 cm³/mol. The fourth-order valence-corrected chi connectivity index (χ4v) is 5.21. The summed E-state index contributed by atoms with van der Waals surface area (Å²) in [7, 11) is 0. The van der Waals surface area contributed by atoms with Crippen molar-refractivity contribution in [3.05, 3.63) is 132 Å². The molecule has 0 saturated carbocycles. The average Bonchev–Trinajstić information content (AvgIpc) is 3.32. The Morgan fingerprint density at radius 2 is 1.27 bits per heavy atom. The predicted octanol–water partition coefficient (Wildman–Crippen LogP) is 8.41. The summed E-state index contributed by atoms with van der Waals surface area (Å²) < 4.78 is 2.21. The number of fused-ring (bicyclic) bond motifs is 3. The van der Waals surface area contributed by atoms with Crippen LogP contribution >= 0.6 is 0 Å². The van der Waals surface area contributed by atoms with E-state index in [1.165, 1.54) is 0 Å². The first kappa shape index (κ1) is 21.9. The second-order valence-corrected chi connectivity index (χ2v) is 8.65. The molecular formula is C33H18N4. The number of nitriles is 2. The van der Waals surface area contributed by atoms with Gasteiger partial charge in [0.2, 0.25) is 0 Å². The molecule has 0 amide bonds. The van der Waals surface area contributed by atoms with Crippen molar-refractivity contribution < 1.29 is 0 Å². The van der Waals surface area contributed by atoms with E-state index in [-0.39, 0.29) is 0 Å². The maximum absolute atomic E-state index is 9.93. The molecule has 0 radical (unpaired) electrons. The zero-order chi connectivity index (χ0) is 25.4. The highest BCUT2D eigenvalue weighted by Gasteiger charge is 2.22. The Balaban J connectivity index is 1.85. The zero-order valence-electron chi connectivity index (χ0n) is 19.7. The molecule has 6 rings (SSSR count). The van der Waals surface area contributed by atoms with Crippen molar-refractivity contribution in [2.45, 2.75) is 0 Å². The topological polar surface area (TPSA) is 56.9 Å². The summed E-state index contributed by atoms with van der Waals surface area (Å²) in [6.45, 7) is 7.79. The number of hydrogen-bond donors (Lipinski definition) is 0. The molecule has 0 saturated heterocycles. The molecule has 0 atom stereocenters. The van der Waals surface area contributed by atoms with Crippen LogP contribution in [0.1, 0.15) is 11.1 Å². The molecule has 0 unspecified atom stereocenters. The Morgan fingerprint density at radius 1 is 0.622 bits per heavy atom. The number of aromatic nitrogens is 1. The lowest BCUT2D eigenvalue weighted by Crippen LogP contribution is -1.96. The molecule has 6 aromatic rings. The molecule has 5 aromatic carbocycles. The maximum atomic E-state index is 9.93. The van der Waals surface area contributed by atoms with Gasteiger partial charge in [0.05, 0.1) is 35.3 Å². The van der Waals surface area contributed by atoms with E-state index in [1.807, 2.05) is 66.7 Å². The van der Waals surface area contributed by atoms with E-state index in [4.69, 9.17) is 6.57 Å². The summed E-state index contributed by atoms with van der Waals surface area (Å²) in [6, 6.07) is 39.8. The van der Waals surface area contributed by atoms with Gasteiger partial charge in [-0.1, -0.05) is 78.9 Å². The van der Waals surface area contributed by atoms with Crippen molar-refractivity contribution in [1.29, 1.82) is 10.5 Å². The molecule has 0 aliphatic carbocycles. The number of nitrogens with zero attached hydrogens (tertiary/aromatic N) is 4. The first-order valence-corrected chi connectivity index (χ1v) is 11.8. The van der Waals surface area contributed by atoms with Gasteiger partial charge >= 0.3 is 0 Å². The average molecular weight is 471 g/mol. The van der Waals surface area contributed by atoms with Crippen LogP contribution in [0.2, 0.25) is 0 Å². The summed E-state index contributed by atoms with van der Waals surface area (Å²) in [6.07, 6.45) is 0. The van der Waals surface area contributed by atoms with Crippen LogP contribution in [0.15, 0.2) is 109 Å². The first-order valence-electron chi connectivity index (χ1n) is 11.8. The van der Waals surface area contributed by atoms with Crippen molar-refractivity contribution in [2.24, 2.45) is 0 Å². The Labute approximate surface area is 214 Å². The van der Waals surface area contributed by atoms with Gasteiger partial charge in [-0.2, -0.15) is 10.5 Å². The van der Waals surface area contributed by atoms with E-state index < -0.39 is 0 Å². The quantitative estimate of drug-likeness (QED) is 0.244. The van der Waals surface area contributed by atoms with Crippen molar-refractivity contribution in [3.63, 3.8) is 0 Å². The van der Waals surface area contributed by atoms with E-state index >= 15 is 0 Å². The van der Waals surface area contributed by atoms with Crippen LogP contribution < -0.4 is 0 Å². The molecule has 1 aromatic heterocycles. The largest absolute Gasteiger partial charge is 0.309 e. The molecule has 0 fully saturated rings. The SMILES string of the molecule is [C-]#[N+]c1cccc(C#N)c1-c1cccc2c1c1cccc(-c3ccccc3C#N)c1n2-c1ccccc1. The van der Waals surface area contributed by atoms with Gasteiger partial charge < -0.3 is 4.57 Å². The second kappa shape index (κ2) is 8.86. The molecular weight excluding hydrogens is 452 g/mol. The van der Waals surface area contributed by atoms with Crippen LogP contribution in [-0.2, 0) is 0 Å². The molecule has 0 bridgehead atoms. The van der Waals surface area contributed by atoms with Gasteiger partial charge in [-0.15, -0.1) is 0 Å². The Bertz CT molecular complexity index is 1930. The molecule has 0 N–H and O–H groups in total. The number of para-hydroxylation sites is 2. The molecule has 4 heteroatoms. The van der Waals surface area contributed by atoms with Gasteiger partial charge in [0, 0.05) is 38.7 Å². The molecule has 0 spiro atoms. The van der Waals surface area contributed by atoms with Crippen LogP contribution in [0, 0.1) is 29.2 Å². The van der Waals surface area contributed by atoms with Crippen LogP contribution in [0.5, 0.6) is 0 Å². The zero-order valence-corrected chi connectivity index (χ0v) is 19.7. The van der Waals surface area contributed by atoms with Crippen molar-refractivity contribution in [3.8, 4) is 40.1 Å². The summed E-state index contributed by atoms with van der Waals surface area (Å²) in [5, 5.41) is 21.8. The Hall–Kier alpha value is -5.63. The molecule has 37 heavy (non-hydrogen) atoms. The van der Waals surface area contributed by atoms with Gasteiger partial charge in [0.1, 0.15) is 0 Å². The highest BCUT2D eigenvalue weighted by atomic mass is 15.0. The van der Waals surface area contributed by atoms with E-state index in [9.17, 15) is 10.5 Å². The van der Waals surface area contributed by atoms with Crippen molar-refractivity contribution >= 4 is 27.5 Å². The molecule has 4 nitrogen and oxygen atoms in total. The number of rotatable bonds is 3. The third-order valence-corrected chi connectivity index (χ3v) is 6.72. The van der Waals surface area contributed by atoms with Crippen molar-refractivity contribution in [2.75, 3.05) is 0 Å². The van der Waals surface area contributed by atoms with E-state index in [1.54, 1.807) is 18.2 Å². The standard InChI is InChI=1S/C33H18N4/c1-36-29-18-7-11-23(21-35)31(29)27-16-9-19-30-32(27)28-17-8-15-26(25-14-6-5-10-22(25)20-34)33(28)37(30)24-12-3-2-4-13-24/h2-19H.